The van der Waals surface area contributed by atoms with Crippen LogP contribution in [0.5, 0.6) is 11.5 Å². The third-order valence-corrected chi connectivity index (χ3v) is 4.76. The van der Waals surface area contributed by atoms with Crippen molar-refractivity contribution < 1.29 is 45.2 Å². The van der Waals surface area contributed by atoms with E-state index in [1.165, 1.54) is 71.5 Å². The fraction of sp³-hybridized carbons (Fsp3) is 0.286. The van der Waals surface area contributed by atoms with E-state index in [1.807, 2.05) is 0 Å². The summed E-state index contributed by atoms with van der Waals surface area (Å²) in [5.41, 5.74) is 6.93. The van der Waals surface area contributed by atoms with Crippen molar-refractivity contribution in [3.63, 3.8) is 0 Å². The van der Waals surface area contributed by atoms with Gasteiger partial charge in [0.25, 0.3) is 0 Å². The number of aryl methyl sites for hydroxylation is 2. The molecule has 2 aromatic rings. The number of benzene rings is 2. The van der Waals surface area contributed by atoms with Gasteiger partial charge in [0.2, 0.25) is 0 Å². The Kier molecular flexibility index (Phi) is 14.5. The van der Waals surface area contributed by atoms with Crippen molar-refractivity contribution >= 4 is 0 Å². The van der Waals surface area contributed by atoms with Gasteiger partial charge in [0.05, 0.1) is 0 Å². The van der Waals surface area contributed by atoms with E-state index in [1.54, 1.807) is 13.8 Å². The second-order valence-corrected chi connectivity index (χ2v) is 8.15. The van der Waals surface area contributed by atoms with Gasteiger partial charge >= 0.3 is 0 Å². The van der Waals surface area contributed by atoms with Gasteiger partial charge in [-0.1, -0.05) is 46.6 Å². The van der Waals surface area contributed by atoms with Crippen LogP contribution >= 0.6 is 0 Å². The van der Waals surface area contributed by atoms with Crippen molar-refractivity contribution in [2.45, 2.75) is 54.4 Å². The third-order valence-electron chi connectivity index (χ3n) is 4.76. The number of halogens is 2. The predicted octanol–water partition coefficient (Wildman–Crippen LogP) is 8.24. The van der Waals surface area contributed by atoms with E-state index in [0.29, 0.717) is 11.1 Å². The fourth-order valence-electron chi connectivity index (χ4n) is 2.89. The second kappa shape index (κ2) is 15.6. The summed E-state index contributed by atoms with van der Waals surface area (Å²) in [5.74, 6) is -0.358. The first kappa shape index (κ1) is 30.7. The molecule has 0 unspecified atom stereocenters. The Morgan fingerprint density at radius 1 is 0.606 bits per heavy atom. The van der Waals surface area contributed by atoms with E-state index in [4.69, 9.17) is 10.2 Å². The predicted molar refractivity (Wildman–Crippen MR) is 130 cm³/mol. The van der Waals surface area contributed by atoms with Crippen molar-refractivity contribution in [2.75, 3.05) is 0 Å². The Hall–Kier alpha value is -2.26. The van der Waals surface area contributed by atoms with E-state index in [-0.39, 0.29) is 49.3 Å². The molecule has 0 fully saturated rings. The van der Waals surface area contributed by atoms with Gasteiger partial charge in [-0.25, -0.2) is 8.78 Å². The van der Waals surface area contributed by atoms with Crippen molar-refractivity contribution in [3.05, 3.63) is 106 Å². The van der Waals surface area contributed by atoms with Crippen LogP contribution in [0.15, 0.2) is 83.0 Å². The maximum Gasteiger partial charge on any atom is 0.123 e. The van der Waals surface area contributed by atoms with E-state index < -0.39 is 0 Å². The number of allylic oxidation sites excluding steroid dienone is 8. The molecule has 0 aliphatic heterocycles. The van der Waals surface area contributed by atoms with Crippen molar-refractivity contribution in [2.24, 2.45) is 0 Å². The summed E-state index contributed by atoms with van der Waals surface area (Å²) in [6.45, 7) is 11.9. The van der Waals surface area contributed by atoms with E-state index >= 15 is 0 Å². The summed E-state index contributed by atoms with van der Waals surface area (Å²) in [6, 6.07) is 7.70. The molecule has 2 aromatic carbocycles. The molecule has 0 bridgehead atoms. The van der Waals surface area contributed by atoms with Crippen LogP contribution in [0.4, 0.5) is 8.78 Å². The molecule has 176 valence electrons. The van der Waals surface area contributed by atoms with Crippen molar-refractivity contribution in [3.8, 4) is 11.5 Å². The minimum Gasteiger partial charge on any atom is -0.508 e. The van der Waals surface area contributed by atoms with Gasteiger partial charge < -0.3 is 10.2 Å². The molecule has 33 heavy (non-hydrogen) atoms. The van der Waals surface area contributed by atoms with Crippen LogP contribution in [-0.2, 0) is 26.2 Å². The molecule has 5 heteroatoms. The number of hydrogen-bond donors (Lipinski definition) is 2. The largest absolute Gasteiger partial charge is 0.508 e. The molecular formula is C28H34F2O2Zr. The van der Waals surface area contributed by atoms with Crippen LogP contribution in [0.3, 0.4) is 0 Å². The molecule has 0 saturated heterocycles. The number of hydrogen-bond acceptors (Lipinski definition) is 2. The Balaban J connectivity index is 0.000000412. The van der Waals surface area contributed by atoms with Gasteiger partial charge in [0.15, 0.2) is 0 Å². The number of aromatic hydroxyl groups is 2. The summed E-state index contributed by atoms with van der Waals surface area (Å²) in [4.78, 5) is 0. The molecule has 0 saturated carbocycles. The molecule has 2 aliphatic rings. The smallest absolute Gasteiger partial charge is 0.123 e. The maximum atomic E-state index is 12.2. The van der Waals surface area contributed by atoms with E-state index in [9.17, 15) is 8.78 Å². The van der Waals surface area contributed by atoms with Crippen molar-refractivity contribution in [1.29, 1.82) is 0 Å². The number of rotatable bonds is 0. The number of phenolic OH excluding ortho intramolecular Hbond substituents is 2. The Labute approximate surface area is 216 Å². The van der Waals surface area contributed by atoms with Crippen molar-refractivity contribution in [1.82, 2.24) is 0 Å². The first-order valence-electron chi connectivity index (χ1n) is 10.6. The van der Waals surface area contributed by atoms with Gasteiger partial charge in [-0.05, 0) is 102 Å². The molecule has 0 heterocycles. The van der Waals surface area contributed by atoms with Gasteiger partial charge in [0, 0.05) is 26.2 Å². The monoisotopic (exact) mass is 530 g/mol. The van der Waals surface area contributed by atoms with Gasteiger partial charge in [-0.2, -0.15) is 0 Å². The molecule has 4 rings (SSSR count). The average molecular weight is 532 g/mol. The van der Waals surface area contributed by atoms with Gasteiger partial charge in [0.1, 0.15) is 23.1 Å². The zero-order valence-corrected chi connectivity index (χ0v) is 22.8. The summed E-state index contributed by atoms with van der Waals surface area (Å²) >= 11 is 0. The standard InChI is InChI=1S/2C7H7FO.2C7H10.Zr/c2*1-5-4-6(8)2-3-7(5)9;2*1-6-3-4-7(2)5-6;/h2*2-4,9H,1H3;2*3,5H,4H2,1-2H3;. The van der Waals surface area contributed by atoms with E-state index in [0.717, 1.165) is 0 Å². The second-order valence-electron chi connectivity index (χ2n) is 8.15. The summed E-state index contributed by atoms with van der Waals surface area (Å²) in [6.07, 6.45) is 11.3. The SMILES string of the molecule is CC1=CCC(C)=C1.CC1=CCC(C)=C1.Cc1cc(F)ccc1O.Cc1cc(F)ccc1O.[Zr]. The number of phenols is 2. The van der Waals surface area contributed by atoms with Crippen LogP contribution in [0.1, 0.15) is 51.7 Å². The minimum absolute atomic E-state index is 0. The Morgan fingerprint density at radius 2 is 0.939 bits per heavy atom. The van der Waals surface area contributed by atoms with Crippen LogP contribution in [0.2, 0.25) is 0 Å². The molecule has 0 aromatic heterocycles. The zero-order valence-electron chi connectivity index (χ0n) is 20.3. The molecule has 0 atom stereocenters. The molecule has 2 nitrogen and oxygen atoms in total. The molecule has 2 aliphatic carbocycles. The zero-order chi connectivity index (χ0) is 24.3. The average Bonchev–Trinajstić information content (AvgIpc) is 3.29. The Bertz CT molecular complexity index is 951. The third kappa shape index (κ3) is 13.1. The van der Waals surface area contributed by atoms with Crippen LogP contribution in [0.25, 0.3) is 0 Å². The molecular weight excluding hydrogens is 498 g/mol. The topological polar surface area (TPSA) is 40.5 Å². The maximum absolute atomic E-state index is 12.2. The Morgan fingerprint density at radius 3 is 1.09 bits per heavy atom. The first-order chi connectivity index (χ1) is 15.0. The van der Waals surface area contributed by atoms with Crippen LogP contribution < -0.4 is 0 Å². The van der Waals surface area contributed by atoms with Gasteiger partial charge in [-0.15, -0.1) is 0 Å². The quantitative estimate of drug-likeness (QED) is 0.359. The molecule has 0 spiro atoms. The summed E-state index contributed by atoms with van der Waals surface area (Å²) < 4.78 is 24.5. The minimum atomic E-state index is -0.315. The van der Waals surface area contributed by atoms with Gasteiger partial charge in [-0.3, -0.25) is 0 Å². The van der Waals surface area contributed by atoms with E-state index in [2.05, 4.69) is 52.0 Å². The molecule has 0 amide bonds. The molecule has 2 N–H and O–H groups in total. The summed E-state index contributed by atoms with van der Waals surface area (Å²) in [5, 5.41) is 17.8. The first-order valence-corrected chi connectivity index (χ1v) is 10.6. The van der Waals surface area contributed by atoms with Crippen LogP contribution in [0, 0.1) is 25.5 Å². The van der Waals surface area contributed by atoms with Crippen LogP contribution in [-0.4, -0.2) is 10.2 Å². The normalized spacial score (nSPS) is 13.3. The summed E-state index contributed by atoms with van der Waals surface area (Å²) in [7, 11) is 0. The molecule has 0 radical (unpaired) electrons. The fourth-order valence-corrected chi connectivity index (χ4v) is 2.89.